The number of carbonyl (C=O) groups excluding carboxylic acids is 1. The Labute approximate surface area is 132 Å². The Balaban J connectivity index is 2.20. The highest BCUT2D eigenvalue weighted by Gasteiger charge is 2.35. The lowest BCUT2D eigenvalue weighted by Crippen LogP contribution is -2.24. The third-order valence-corrected chi connectivity index (χ3v) is 4.58. The van der Waals surface area contributed by atoms with Crippen LogP contribution in [0.3, 0.4) is 0 Å². The van der Waals surface area contributed by atoms with Crippen LogP contribution in [0.25, 0.3) is 0 Å². The van der Waals surface area contributed by atoms with Crippen LogP contribution in [0.5, 0.6) is 0 Å². The van der Waals surface area contributed by atoms with Gasteiger partial charge in [-0.15, -0.1) is 0 Å². The van der Waals surface area contributed by atoms with Gasteiger partial charge in [-0.05, 0) is 40.0 Å². The Bertz CT molecular complexity index is 550. The van der Waals surface area contributed by atoms with Gasteiger partial charge in [0.05, 0.1) is 13.0 Å². The zero-order chi connectivity index (χ0) is 14.9. The third-order valence-electron chi connectivity index (χ3n) is 3.70. The van der Waals surface area contributed by atoms with Crippen molar-refractivity contribution in [1.29, 1.82) is 0 Å². The summed E-state index contributed by atoms with van der Waals surface area (Å²) in [6.07, 6.45) is 0. The first-order valence-corrected chi connectivity index (χ1v) is 7.56. The number of halogens is 1. The molecule has 0 amide bonds. The molecule has 0 aliphatic carbocycles. The second-order valence-corrected chi connectivity index (χ2v) is 6.33. The van der Waals surface area contributed by atoms with Crippen LogP contribution >= 0.6 is 28.1 Å². The van der Waals surface area contributed by atoms with Gasteiger partial charge in [-0.25, -0.2) is 0 Å². The molecule has 2 rings (SSSR count). The van der Waals surface area contributed by atoms with E-state index in [9.17, 15) is 4.79 Å². The first-order valence-electron chi connectivity index (χ1n) is 6.36. The molecule has 0 bridgehead atoms. The average Bonchev–Trinajstić information content (AvgIpc) is 2.79. The SMILES string of the molecule is COC(=O)C1CN(c2ccc(C(N)=S)c(Br)c2)CC1C. The van der Waals surface area contributed by atoms with E-state index in [4.69, 9.17) is 22.7 Å². The summed E-state index contributed by atoms with van der Waals surface area (Å²) < 4.78 is 5.73. The molecule has 2 atom stereocenters. The molecule has 1 saturated heterocycles. The fourth-order valence-electron chi connectivity index (χ4n) is 2.54. The van der Waals surface area contributed by atoms with E-state index in [-0.39, 0.29) is 17.8 Å². The van der Waals surface area contributed by atoms with Crippen LogP contribution in [0.1, 0.15) is 12.5 Å². The Hall–Kier alpha value is -1.14. The van der Waals surface area contributed by atoms with E-state index in [0.29, 0.717) is 11.5 Å². The number of anilines is 1. The van der Waals surface area contributed by atoms with E-state index in [0.717, 1.165) is 22.3 Å². The quantitative estimate of drug-likeness (QED) is 0.665. The van der Waals surface area contributed by atoms with Gasteiger partial charge in [0.1, 0.15) is 4.99 Å². The fourth-order valence-corrected chi connectivity index (χ4v) is 3.43. The van der Waals surface area contributed by atoms with E-state index < -0.39 is 0 Å². The number of hydrogen-bond acceptors (Lipinski definition) is 4. The second-order valence-electron chi connectivity index (χ2n) is 5.04. The Morgan fingerprint density at radius 3 is 2.75 bits per heavy atom. The number of nitrogens with zero attached hydrogens (tertiary/aromatic N) is 1. The average molecular weight is 357 g/mol. The lowest BCUT2D eigenvalue weighted by molar-refractivity contribution is -0.145. The lowest BCUT2D eigenvalue weighted by Gasteiger charge is -2.19. The van der Waals surface area contributed by atoms with Gasteiger partial charge in [0.25, 0.3) is 0 Å². The molecule has 1 fully saturated rings. The van der Waals surface area contributed by atoms with Crippen molar-refractivity contribution in [2.45, 2.75) is 6.92 Å². The number of esters is 1. The van der Waals surface area contributed by atoms with Crippen LogP contribution in [0.15, 0.2) is 22.7 Å². The van der Waals surface area contributed by atoms with Gasteiger partial charge in [-0.2, -0.15) is 0 Å². The van der Waals surface area contributed by atoms with E-state index in [1.165, 1.54) is 7.11 Å². The maximum atomic E-state index is 11.7. The van der Waals surface area contributed by atoms with Gasteiger partial charge in [-0.1, -0.05) is 19.1 Å². The Kier molecular flexibility index (Phi) is 4.65. The van der Waals surface area contributed by atoms with Crippen molar-refractivity contribution >= 4 is 44.8 Å². The summed E-state index contributed by atoms with van der Waals surface area (Å²) in [5, 5.41) is 0. The van der Waals surface area contributed by atoms with Crippen LogP contribution < -0.4 is 10.6 Å². The molecule has 2 unspecified atom stereocenters. The molecule has 2 N–H and O–H groups in total. The van der Waals surface area contributed by atoms with Crippen LogP contribution in [0, 0.1) is 11.8 Å². The number of ether oxygens (including phenoxy) is 1. The summed E-state index contributed by atoms with van der Waals surface area (Å²) in [7, 11) is 1.44. The van der Waals surface area contributed by atoms with Gasteiger partial charge in [0.2, 0.25) is 0 Å². The van der Waals surface area contributed by atoms with Crippen molar-refractivity contribution in [1.82, 2.24) is 0 Å². The summed E-state index contributed by atoms with van der Waals surface area (Å²) in [6, 6.07) is 5.87. The predicted molar refractivity (Wildman–Crippen MR) is 86.9 cm³/mol. The molecule has 1 aromatic carbocycles. The number of thiocarbonyl (C=S) groups is 1. The highest BCUT2D eigenvalue weighted by Crippen LogP contribution is 2.31. The number of benzene rings is 1. The van der Waals surface area contributed by atoms with Crippen LogP contribution in [0.4, 0.5) is 5.69 Å². The first-order chi connectivity index (χ1) is 9.43. The summed E-state index contributed by atoms with van der Waals surface area (Å²) in [6.45, 7) is 3.57. The highest BCUT2D eigenvalue weighted by molar-refractivity contribution is 9.10. The standard InChI is InChI=1S/C14H17BrN2O2S/c1-8-6-17(7-11(8)14(18)19-2)9-3-4-10(13(16)20)12(15)5-9/h3-5,8,11H,6-7H2,1-2H3,(H2,16,20). The molecule has 0 saturated carbocycles. The number of hydrogen-bond donors (Lipinski definition) is 1. The van der Waals surface area contributed by atoms with E-state index in [2.05, 4.69) is 27.8 Å². The summed E-state index contributed by atoms with van der Waals surface area (Å²) >= 11 is 8.47. The maximum Gasteiger partial charge on any atom is 0.310 e. The van der Waals surface area contributed by atoms with E-state index in [1.54, 1.807) is 0 Å². The fraction of sp³-hybridized carbons (Fsp3) is 0.429. The second kappa shape index (κ2) is 6.10. The number of nitrogens with two attached hydrogens (primary N) is 1. The van der Waals surface area contributed by atoms with Gasteiger partial charge in [0, 0.05) is 28.8 Å². The van der Waals surface area contributed by atoms with Gasteiger partial charge in [-0.3, -0.25) is 4.79 Å². The van der Waals surface area contributed by atoms with Crippen molar-refractivity contribution < 1.29 is 9.53 Å². The Morgan fingerprint density at radius 1 is 1.50 bits per heavy atom. The highest BCUT2D eigenvalue weighted by atomic mass is 79.9. The summed E-state index contributed by atoms with van der Waals surface area (Å²) in [5.41, 5.74) is 7.52. The molecular weight excluding hydrogens is 340 g/mol. The Morgan fingerprint density at radius 2 is 2.20 bits per heavy atom. The first kappa shape index (κ1) is 15.3. The number of rotatable bonds is 3. The number of methoxy groups -OCH3 is 1. The van der Waals surface area contributed by atoms with Gasteiger partial charge < -0.3 is 15.4 Å². The van der Waals surface area contributed by atoms with Crippen molar-refractivity contribution in [3.05, 3.63) is 28.2 Å². The monoisotopic (exact) mass is 356 g/mol. The molecule has 1 aliphatic rings. The molecule has 108 valence electrons. The molecule has 0 spiro atoms. The van der Waals surface area contributed by atoms with Gasteiger partial charge >= 0.3 is 5.97 Å². The van der Waals surface area contributed by atoms with Crippen molar-refractivity contribution in [3.8, 4) is 0 Å². The van der Waals surface area contributed by atoms with Crippen LogP contribution in [-0.4, -0.2) is 31.2 Å². The van der Waals surface area contributed by atoms with E-state index in [1.807, 2.05) is 18.2 Å². The van der Waals surface area contributed by atoms with Crippen LogP contribution in [0.2, 0.25) is 0 Å². The minimum Gasteiger partial charge on any atom is -0.469 e. The predicted octanol–water partition coefficient (Wildman–Crippen LogP) is 2.33. The minimum absolute atomic E-state index is 0.0750. The zero-order valence-electron chi connectivity index (χ0n) is 11.4. The lowest BCUT2D eigenvalue weighted by atomic mass is 9.99. The molecule has 1 aliphatic heterocycles. The molecular formula is C14H17BrN2O2S. The topological polar surface area (TPSA) is 55.6 Å². The largest absolute Gasteiger partial charge is 0.469 e. The number of carbonyl (C=O) groups is 1. The van der Waals surface area contributed by atoms with E-state index >= 15 is 0 Å². The molecule has 1 heterocycles. The molecule has 1 aromatic rings. The molecule has 6 heteroatoms. The van der Waals surface area contributed by atoms with Crippen molar-refractivity contribution in [3.63, 3.8) is 0 Å². The maximum absolute atomic E-state index is 11.7. The van der Waals surface area contributed by atoms with Crippen molar-refractivity contribution in [2.75, 3.05) is 25.1 Å². The molecule has 4 nitrogen and oxygen atoms in total. The normalized spacial score (nSPS) is 21.9. The van der Waals surface area contributed by atoms with Crippen molar-refractivity contribution in [2.24, 2.45) is 17.6 Å². The molecule has 20 heavy (non-hydrogen) atoms. The minimum atomic E-state index is -0.140. The van der Waals surface area contributed by atoms with Gasteiger partial charge in [0.15, 0.2) is 0 Å². The smallest absolute Gasteiger partial charge is 0.310 e. The summed E-state index contributed by atoms with van der Waals surface area (Å²) in [4.78, 5) is 14.3. The third kappa shape index (κ3) is 2.96. The zero-order valence-corrected chi connectivity index (χ0v) is 13.8. The van der Waals surface area contributed by atoms with Crippen LogP contribution in [-0.2, 0) is 9.53 Å². The molecule has 0 radical (unpaired) electrons. The molecule has 0 aromatic heterocycles. The summed E-state index contributed by atoms with van der Waals surface area (Å²) in [5.74, 6) is 0.0596.